The monoisotopic (exact) mass is 292 g/mol. The topological polar surface area (TPSA) is 93.2 Å². The van der Waals surface area contributed by atoms with E-state index in [-0.39, 0.29) is 12.5 Å². The lowest BCUT2D eigenvalue weighted by atomic mass is 9.96. The van der Waals surface area contributed by atoms with Crippen LogP contribution in [0.15, 0.2) is 23.1 Å². The van der Waals surface area contributed by atoms with Crippen LogP contribution in [0.4, 0.5) is 0 Å². The SMILES string of the molecule is Cc1cc(C(C)(O)CNC(=O)C(C)n2cncn2)c(C)o1. The van der Waals surface area contributed by atoms with Gasteiger partial charge in [0.15, 0.2) is 0 Å². The summed E-state index contributed by atoms with van der Waals surface area (Å²) in [5.74, 6) is 1.14. The lowest BCUT2D eigenvalue weighted by Gasteiger charge is -2.24. The lowest BCUT2D eigenvalue weighted by Crippen LogP contribution is -2.41. The van der Waals surface area contributed by atoms with Crippen molar-refractivity contribution in [2.45, 2.75) is 39.3 Å². The molecule has 0 aromatic carbocycles. The van der Waals surface area contributed by atoms with Crippen LogP contribution in [0.3, 0.4) is 0 Å². The molecule has 7 nitrogen and oxygen atoms in total. The van der Waals surface area contributed by atoms with E-state index in [0.29, 0.717) is 11.3 Å². The van der Waals surface area contributed by atoms with Crippen molar-refractivity contribution < 1.29 is 14.3 Å². The molecule has 0 saturated heterocycles. The van der Waals surface area contributed by atoms with Gasteiger partial charge in [0.25, 0.3) is 0 Å². The summed E-state index contributed by atoms with van der Waals surface area (Å²) in [6, 6.07) is 1.29. The van der Waals surface area contributed by atoms with Crippen LogP contribution in [0.1, 0.15) is 37.0 Å². The largest absolute Gasteiger partial charge is 0.466 e. The number of carbonyl (C=O) groups excluding carboxylic acids is 1. The fourth-order valence-electron chi connectivity index (χ4n) is 2.21. The number of rotatable bonds is 5. The summed E-state index contributed by atoms with van der Waals surface area (Å²) >= 11 is 0. The first-order valence-corrected chi connectivity index (χ1v) is 6.73. The van der Waals surface area contributed by atoms with Crippen LogP contribution in [0.25, 0.3) is 0 Å². The minimum atomic E-state index is -1.19. The van der Waals surface area contributed by atoms with Crippen molar-refractivity contribution in [1.29, 1.82) is 0 Å². The summed E-state index contributed by atoms with van der Waals surface area (Å²) in [7, 11) is 0. The highest BCUT2D eigenvalue weighted by Gasteiger charge is 2.29. The highest BCUT2D eigenvalue weighted by atomic mass is 16.3. The zero-order chi connectivity index (χ0) is 15.6. The highest BCUT2D eigenvalue weighted by Crippen LogP contribution is 2.26. The summed E-state index contributed by atoms with van der Waals surface area (Å²) in [6.07, 6.45) is 2.85. The van der Waals surface area contributed by atoms with Crippen LogP contribution in [-0.2, 0) is 10.4 Å². The Hall–Kier alpha value is -2.15. The fourth-order valence-corrected chi connectivity index (χ4v) is 2.21. The first-order chi connectivity index (χ1) is 9.81. The van der Waals surface area contributed by atoms with E-state index in [4.69, 9.17) is 4.42 Å². The Morgan fingerprint density at radius 3 is 2.81 bits per heavy atom. The van der Waals surface area contributed by atoms with Crippen molar-refractivity contribution in [3.05, 3.63) is 35.8 Å². The second kappa shape index (κ2) is 5.69. The van der Waals surface area contributed by atoms with E-state index in [1.165, 1.54) is 17.3 Å². The Kier molecular flexibility index (Phi) is 4.13. The van der Waals surface area contributed by atoms with Gasteiger partial charge in [0.05, 0.1) is 6.54 Å². The number of nitrogens with zero attached hydrogens (tertiary/aromatic N) is 3. The van der Waals surface area contributed by atoms with E-state index in [1.54, 1.807) is 26.8 Å². The van der Waals surface area contributed by atoms with Crippen molar-refractivity contribution in [3.8, 4) is 0 Å². The molecule has 2 atom stereocenters. The molecule has 2 heterocycles. The van der Waals surface area contributed by atoms with Crippen LogP contribution >= 0.6 is 0 Å². The van der Waals surface area contributed by atoms with Crippen molar-refractivity contribution >= 4 is 5.91 Å². The van der Waals surface area contributed by atoms with Gasteiger partial charge in [-0.25, -0.2) is 9.67 Å². The summed E-state index contributed by atoms with van der Waals surface area (Å²) < 4.78 is 6.87. The molecule has 1 amide bonds. The van der Waals surface area contributed by atoms with Crippen molar-refractivity contribution in [2.24, 2.45) is 0 Å². The quantitative estimate of drug-likeness (QED) is 0.860. The number of aliphatic hydroxyl groups is 1. The number of amides is 1. The van der Waals surface area contributed by atoms with Gasteiger partial charge < -0.3 is 14.8 Å². The number of aromatic nitrogens is 3. The number of hydrogen-bond donors (Lipinski definition) is 2. The summed E-state index contributed by atoms with van der Waals surface area (Å²) in [5.41, 5.74) is -0.520. The van der Waals surface area contributed by atoms with Gasteiger partial charge in [-0.3, -0.25) is 4.79 Å². The molecule has 0 aliphatic heterocycles. The fraction of sp³-hybridized carbons (Fsp3) is 0.500. The van der Waals surface area contributed by atoms with Gasteiger partial charge in [0.1, 0.15) is 35.8 Å². The van der Waals surface area contributed by atoms with E-state index in [2.05, 4.69) is 15.4 Å². The minimum Gasteiger partial charge on any atom is -0.466 e. The Labute approximate surface area is 123 Å². The molecular weight excluding hydrogens is 272 g/mol. The van der Waals surface area contributed by atoms with E-state index >= 15 is 0 Å². The maximum Gasteiger partial charge on any atom is 0.244 e. The van der Waals surface area contributed by atoms with Gasteiger partial charge in [0.2, 0.25) is 5.91 Å². The van der Waals surface area contributed by atoms with E-state index in [1.807, 2.05) is 6.92 Å². The molecule has 114 valence electrons. The van der Waals surface area contributed by atoms with Crippen LogP contribution < -0.4 is 5.32 Å². The first-order valence-electron chi connectivity index (χ1n) is 6.73. The van der Waals surface area contributed by atoms with Gasteiger partial charge >= 0.3 is 0 Å². The number of carbonyl (C=O) groups is 1. The third kappa shape index (κ3) is 3.30. The van der Waals surface area contributed by atoms with Crippen molar-refractivity contribution in [1.82, 2.24) is 20.1 Å². The molecule has 0 bridgehead atoms. The standard InChI is InChI=1S/C14H20N4O3/c1-9-5-12(11(3)21-9)14(4,20)6-16-13(19)10(2)18-8-15-7-17-18/h5,7-8,10,20H,6H2,1-4H3,(H,16,19). The van der Waals surface area contributed by atoms with Gasteiger partial charge in [-0.15, -0.1) is 0 Å². The molecule has 2 aromatic rings. The van der Waals surface area contributed by atoms with Gasteiger partial charge in [-0.05, 0) is 33.8 Å². The maximum atomic E-state index is 12.1. The third-order valence-electron chi connectivity index (χ3n) is 3.44. The number of hydrogen-bond acceptors (Lipinski definition) is 5. The summed E-state index contributed by atoms with van der Waals surface area (Å²) in [4.78, 5) is 15.9. The molecular formula is C14H20N4O3. The molecule has 0 fully saturated rings. The number of nitrogens with one attached hydrogen (secondary N) is 1. The van der Waals surface area contributed by atoms with E-state index < -0.39 is 11.6 Å². The van der Waals surface area contributed by atoms with Gasteiger partial charge in [-0.1, -0.05) is 0 Å². The second-order valence-electron chi connectivity index (χ2n) is 5.37. The van der Waals surface area contributed by atoms with Crippen molar-refractivity contribution in [2.75, 3.05) is 6.54 Å². The second-order valence-corrected chi connectivity index (χ2v) is 5.37. The number of furan rings is 1. The Morgan fingerprint density at radius 2 is 2.29 bits per heavy atom. The van der Waals surface area contributed by atoms with Crippen molar-refractivity contribution in [3.63, 3.8) is 0 Å². The normalized spacial score (nSPS) is 15.5. The molecule has 0 aliphatic carbocycles. The minimum absolute atomic E-state index is 0.0880. The molecule has 2 unspecified atom stereocenters. The van der Waals surface area contributed by atoms with Crippen LogP contribution in [0.5, 0.6) is 0 Å². The molecule has 0 saturated carbocycles. The molecule has 0 spiro atoms. The number of aryl methyl sites for hydroxylation is 2. The average Bonchev–Trinajstić information content (AvgIpc) is 3.05. The molecule has 2 aromatic heterocycles. The molecule has 0 aliphatic rings. The average molecular weight is 292 g/mol. The van der Waals surface area contributed by atoms with Gasteiger partial charge in [-0.2, -0.15) is 5.10 Å². The smallest absolute Gasteiger partial charge is 0.244 e. The Bertz CT molecular complexity index is 616. The maximum absolute atomic E-state index is 12.1. The van der Waals surface area contributed by atoms with E-state index in [9.17, 15) is 9.90 Å². The zero-order valence-electron chi connectivity index (χ0n) is 12.6. The Morgan fingerprint density at radius 1 is 1.57 bits per heavy atom. The Balaban J connectivity index is 2.01. The lowest BCUT2D eigenvalue weighted by molar-refractivity contribution is -0.125. The molecule has 7 heteroatoms. The predicted molar refractivity (Wildman–Crippen MR) is 75.5 cm³/mol. The highest BCUT2D eigenvalue weighted by molar-refractivity contribution is 5.79. The molecule has 2 rings (SSSR count). The molecule has 0 radical (unpaired) electrons. The van der Waals surface area contributed by atoms with Crippen LogP contribution in [0.2, 0.25) is 0 Å². The summed E-state index contributed by atoms with van der Waals surface area (Å²) in [5, 5.41) is 17.2. The first kappa shape index (κ1) is 15.2. The van der Waals surface area contributed by atoms with Gasteiger partial charge in [0, 0.05) is 5.56 Å². The summed E-state index contributed by atoms with van der Waals surface area (Å²) in [6.45, 7) is 7.05. The predicted octanol–water partition coefficient (Wildman–Crippen LogP) is 1.07. The third-order valence-corrected chi connectivity index (χ3v) is 3.44. The molecule has 21 heavy (non-hydrogen) atoms. The van der Waals surface area contributed by atoms with Crippen LogP contribution in [0, 0.1) is 13.8 Å². The molecule has 2 N–H and O–H groups in total. The zero-order valence-corrected chi connectivity index (χ0v) is 12.6. The van der Waals surface area contributed by atoms with Crippen LogP contribution in [-0.4, -0.2) is 32.3 Å². The van der Waals surface area contributed by atoms with E-state index in [0.717, 1.165) is 5.76 Å².